The van der Waals surface area contributed by atoms with Gasteiger partial charge in [-0.05, 0) is 42.0 Å². The average Bonchev–Trinajstić information content (AvgIpc) is 3.41. The lowest BCUT2D eigenvalue weighted by Gasteiger charge is -2.10. The summed E-state index contributed by atoms with van der Waals surface area (Å²) in [4.78, 5) is 28.2. The Morgan fingerprint density at radius 1 is 1.12 bits per heavy atom. The highest BCUT2D eigenvalue weighted by Gasteiger charge is 2.34. The number of carbonyl (C=O) groups excluding carboxylic acids is 2. The third-order valence-corrected chi connectivity index (χ3v) is 5.69. The Labute approximate surface area is 187 Å². The van der Waals surface area contributed by atoms with Crippen molar-refractivity contribution in [2.24, 2.45) is 11.8 Å². The molecule has 1 fully saturated rings. The summed E-state index contributed by atoms with van der Waals surface area (Å²) in [6.45, 7) is 4.40. The summed E-state index contributed by atoms with van der Waals surface area (Å²) in [7, 11) is 1.33. The van der Waals surface area contributed by atoms with Crippen LogP contribution in [0.25, 0.3) is 22.8 Å². The zero-order chi connectivity index (χ0) is 22.7. The van der Waals surface area contributed by atoms with Gasteiger partial charge in [0.05, 0.1) is 25.5 Å². The fraction of sp³-hybridized carbons (Fsp3) is 0.360. The number of methoxy groups -OCH3 is 1. The van der Waals surface area contributed by atoms with Crippen LogP contribution >= 0.6 is 0 Å². The van der Waals surface area contributed by atoms with Crippen LogP contribution in [0.1, 0.15) is 43.9 Å². The molecular weight excluding hydrogens is 406 g/mol. The van der Waals surface area contributed by atoms with E-state index < -0.39 is 0 Å². The van der Waals surface area contributed by atoms with E-state index in [0.717, 1.165) is 23.1 Å². The monoisotopic (exact) mass is 433 g/mol. The van der Waals surface area contributed by atoms with Crippen molar-refractivity contribution in [2.45, 2.75) is 39.2 Å². The highest BCUT2D eigenvalue weighted by atomic mass is 16.5. The molecule has 0 radical (unpaired) electrons. The summed E-state index contributed by atoms with van der Waals surface area (Å²) in [5, 5.41) is 7.07. The molecular formula is C25H27N3O4. The maximum absolute atomic E-state index is 12.2. The first-order valence-corrected chi connectivity index (χ1v) is 10.8. The molecule has 0 saturated carbocycles. The summed E-state index contributed by atoms with van der Waals surface area (Å²) < 4.78 is 10.1. The molecule has 2 aromatic carbocycles. The van der Waals surface area contributed by atoms with E-state index in [1.807, 2.05) is 36.4 Å². The number of amides is 1. The fourth-order valence-electron chi connectivity index (χ4n) is 4.00. The lowest BCUT2D eigenvalue weighted by atomic mass is 9.97. The van der Waals surface area contributed by atoms with Crippen LogP contribution in [0.4, 0.5) is 0 Å². The van der Waals surface area contributed by atoms with E-state index in [9.17, 15) is 9.59 Å². The molecule has 1 N–H and O–H groups in total. The fourth-order valence-corrected chi connectivity index (χ4v) is 4.00. The number of rotatable bonds is 7. The molecule has 1 saturated heterocycles. The van der Waals surface area contributed by atoms with Crippen LogP contribution in [0.3, 0.4) is 0 Å². The van der Waals surface area contributed by atoms with Gasteiger partial charge >= 0.3 is 5.97 Å². The Hall–Kier alpha value is -3.48. The number of carbonyl (C=O) groups is 2. The molecule has 7 heteroatoms. The van der Waals surface area contributed by atoms with Gasteiger partial charge < -0.3 is 14.6 Å². The number of hydrogen-bond donors (Lipinski definition) is 1. The number of hydrogen-bond acceptors (Lipinski definition) is 6. The van der Waals surface area contributed by atoms with Crippen molar-refractivity contribution in [1.82, 2.24) is 15.5 Å². The van der Waals surface area contributed by atoms with E-state index in [1.165, 1.54) is 12.7 Å². The van der Waals surface area contributed by atoms with Crippen LogP contribution < -0.4 is 5.32 Å². The summed E-state index contributed by atoms with van der Waals surface area (Å²) in [6, 6.07) is 15.8. The van der Waals surface area contributed by atoms with Gasteiger partial charge in [0.25, 0.3) is 5.89 Å². The molecule has 166 valence electrons. The predicted octanol–water partition coefficient (Wildman–Crippen LogP) is 4.34. The molecule has 2 heterocycles. The molecule has 3 aromatic rings. The van der Waals surface area contributed by atoms with Crippen LogP contribution in [0, 0.1) is 11.8 Å². The Balaban J connectivity index is 1.43. The van der Waals surface area contributed by atoms with Crippen molar-refractivity contribution in [3.05, 3.63) is 59.7 Å². The second kappa shape index (κ2) is 9.34. The van der Waals surface area contributed by atoms with Gasteiger partial charge in [-0.25, -0.2) is 0 Å². The molecule has 7 nitrogen and oxygen atoms in total. The standard InChI is InChI=1S/C25H27N3O4/c1-15(2)12-16-4-6-19(7-5-16)25-27-23(28-32-25)18-10-8-17(9-11-18)21-13-20(24(30)26-21)14-22(29)31-3/h4-11,15,20-21H,12-14H2,1-3H3,(H,26,30)/t20-,21-/m1/s1. The van der Waals surface area contributed by atoms with Crippen LogP contribution in [-0.4, -0.2) is 29.1 Å². The van der Waals surface area contributed by atoms with Crippen LogP contribution in [0.2, 0.25) is 0 Å². The van der Waals surface area contributed by atoms with E-state index in [1.54, 1.807) is 0 Å². The molecule has 0 unspecified atom stereocenters. The first-order valence-electron chi connectivity index (χ1n) is 10.8. The second-order valence-corrected chi connectivity index (χ2v) is 8.61. The van der Waals surface area contributed by atoms with Gasteiger partial charge in [-0.3, -0.25) is 9.59 Å². The Morgan fingerprint density at radius 3 is 2.47 bits per heavy atom. The van der Waals surface area contributed by atoms with Gasteiger partial charge in [0.15, 0.2) is 0 Å². The van der Waals surface area contributed by atoms with Gasteiger partial charge in [-0.2, -0.15) is 4.98 Å². The highest BCUT2D eigenvalue weighted by molar-refractivity contribution is 5.86. The molecule has 0 bridgehead atoms. The molecule has 0 spiro atoms. The molecule has 32 heavy (non-hydrogen) atoms. The zero-order valence-corrected chi connectivity index (χ0v) is 18.5. The lowest BCUT2D eigenvalue weighted by molar-refractivity contribution is -0.143. The first kappa shape index (κ1) is 21.7. The van der Waals surface area contributed by atoms with E-state index in [-0.39, 0.29) is 30.3 Å². The van der Waals surface area contributed by atoms with E-state index in [2.05, 4.69) is 46.2 Å². The zero-order valence-electron chi connectivity index (χ0n) is 18.5. The van der Waals surface area contributed by atoms with Crippen LogP contribution in [-0.2, 0) is 20.7 Å². The largest absolute Gasteiger partial charge is 0.469 e. The van der Waals surface area contributed by atoms with Gasteiger partial charge in [-0.15, -0.1) is 0 Å². The first-order chi connectivity index (χ1) is 15.4. The van der Waals surface area contributed by atoms with Crippen molar-refractivity contribution in [3.63, 3.8) is 0 Å². The predicted molar refractivity (Wildman–Crippen MR) is 119 cm³/mol. The van der Waals surface area contributed by atoms with Gasteiger partial charge in [-0.1, -0.05) is 55.4 Å². The molecule has 0 aliphatic carbocycles. The van der Waals surface area contributed by atoms with Crippen molar-refractivity contribution >= 4 is 11.9 Å². The number of ether oxygens (including phenoxy) is 1. The summed E-state index contributed by atoms with van der Waals surface area (Å²) in [5.74, 6) is 0.745. The number of nitrogens with zero attached hydrogens (tertiary/aromatic N) is 2. The number of nitrogens with one attached hydrogen (secondary N) is 1. The third-order valence-electron chi connectivity index (χ3n) is 5.69. The molecule has 1 aromatic heterocycles. The van der Waals surface area contributed by atoms with E-state index in [4.69, 9.17) is 4.52 Å². The van der Waals surface area contributed by atoms with Gasteiger partial charge in [0.1, 0.15) is 0 Å². The topological polar surface area (TPSA) is 94.3 Å². The van der Waals surface area contributed by atoms with E-state index >= 15 is 0 Å². The molecule has 1 aliphatic heterocycles. The van der Waals surface area contributed by atoms with Gasteiger partial charge in [0, 0.05) is 11.1 Å². The highest BCUT2D eigenvalue weighted by Crippen LogP contribution is 2.31. The number of esters is 1. The second-order valence-electron chi connectivity index (χ2n) is 8.61. The summed E-state index contributed by atoms with van der Waals surface area (Å²) in [6.07, 6.45) is 1.69. The van der Waals surface area contributed by atoms with Crippen molar-refractivity contribution in [2.75, 3.05) is 7.11 Å². The normalized spacial score (nSPS) is 18.1. The van der Waals surface area contributed by atoms with Crippen LogP contribution in [0.5, 0.6) is 0 Å². The summed E-state index contributed by atoms with van der Waals surface area (Å²) >= 11 is 0. The quantitative estimate of drug-likeness (QED) is 0.557. The van der Waals surface area contributed by atoms with Crippen molar-refractivity contribution < 1.29 is 18.8 Å². The summed E-state index contributed by atoms with van der Waals surface area (Å²) in [5.41, 5.74) is 3.97. The van der Waals surface area contributed by atoms with E-state index in [0.29, 0.717) is 24.1 Å². The van der Waals surface area contributed by atoms with Crippen molar-refractivity contribution in [1.29, 1.82) is 0 Å². The molecule has 1 amide bonds. The smallest absolute Gasteiger partial charge is 0.306 e. The molecule has 4 rings (SSSR count). The number of aromatic nitrogens is 2. The Morgan fingerprint density at radius 2 is 1.81 bits per heavy atom. The van der Waals surface area contributed by atoms with Gasteiger partial charge in [0.2, 0.25) is 11.7 Å². The average molecular weight is 434 g/mol. The third kappa shape index (κ3) is 4.88. The SMILES string of the molecule is COC(=O)C[C@H]1C[C@H](c2ccc(-c3noc(-c4ccc(CC(C)C)cc4)n3)cc2)NC1=O. The lowest BCUT2D eigenvalue weighted by Crippen LogP contribution is -2.23. The number of benzene rings is 2. The maximum atomic E-state index is 12.2. The van der Waals surface area contributed by atoms with Crippen molar-refractivity contribution in [3.8, 4) is 22.8 Å². The Bertz CT molecular complexity index is 1090. The minimum absolute atomic E-state index is 0.0982. The Kier molecular flexibility index (Phi) is 6.35. The molecule has 2 atom stereocenters. The van der Waals surface area contributed by atoms with Crippen LogP contribution in [0.15, 0.2) is 53.1 Å². The minimum Gasteiger partial charge on any atom is -0.469 e. The molecule has 1 aliphatic rings. The minimum atomic E-state index is -0.372. The maximum Gasteiger partial charge on any atom is 0.306 e.